The van der Waals surface area contributed by atoms with Crippen molar-refractivity contribution >= 4 is 39.1 Å². The highest BCUT2D eigenvalue weighted by atomic mass is 35.5. The minimum absolute atomic E-state index is 0.117. The zero-order chi connectivity index (χ0) is 18.3. The van der Waals surface area contributed by atoms with Crippen LogP contribution in [0.4, 0.5) is 0 Å². The predicted octanol–water partition coefficient (Wildman–Crippen LogP) is 3.87. The summed E-state index contributed by atoms with van der Waals surface area (Å²) in [6.45, 7) is 3.57. The Morgan fingerprint density at radius 3 is 2.73 bits per heavy atom. The van der Waals surface area contributed by atoms with Crippen molar-refractivity contribution in [2.24, 2.45) is 0 Å². The molecular weight excluding hydrogens is 368 g/mol. The van der Waals surface area contributed by atoms with Crippen LogP contribution < -0.4 is 5.32 Å². The van der Waals surface area contributed by atoms with E-state index in [9.17, 15) is 4.79 Å². The SMILES string of the molecule is CNC1CCN(C(=O)c2cc3c(C)nn(-c4ccccc4Cl)c3s2)CC1. The zero-order valence-corrected chi connectivity index (χ0v) is 16.4. The van der Waals surface area contributed by atoms with Gasteiger partial charge in [-0.25, -0.2) is 4.68 Å². The second-order valence-electron chi connectivity index (χ2n) is 6.63. The Bertz CT molecular complexity index is 956. The van der Waals surface area contributed by atoms with Crippen LogP contribution in [0.25, 0.3) is 15.9 Å². The average molecular weight is 389 g/mol. The summed E-state index contributed by atoms with van der Waals surface area (Å²) in [5.41, 5.74) is 1.74. The van der Waals surface area contributed by atoms with Crippen LogP contribution in [-0.2, 0) is 0 Å². The number of benzene rings is 1. The molecule has 0 atom stereocenters. The number of fused-ring (bicyclic) bond motifs is 1. The van der Waals surface area contributed by atoms with Gasteiger partial charge in [0.25, 0.3) is 5.91 Å². The number of nitrogens with zero attached hydrogens (tertiary/aromatic N) is 3. The second kappa shape index (κ2) is 7.02. The van der Waals surface area contributed by atoms with Crippen LogP contribution in [0.15, 0.2) is 30.3 Å². The molecule has 0 bridgehead atoms. The van der Waals surface area contributed by atoms with E-state index in [4.69, 9.17) is 11.6 Å². The molecule has 1 N–H and O–H groups in total. The molecule has 0 radical (unpaired) electrons. The molecule has 0 saturated carbocycles. The van der Waals surface area contributed by atoms with Crippen molar-refractivity contribution in [2.45, 2.75) is 25.8 Å². The molecule has 1 saturated heterocycles. The van der Waals surface area contributed by atoms with Gasteiger partial charge in [0.2, 0.25) is 0 Å². The van der Waals surface area contributed by atoms with E-state index in [-0.39, 0.29) is 5.91 Å². The van der Waals surface area contributed by atoms with Crippen LogP contribution >= 0.6 is 22.9 Å². The molecule has 1 aliphatic rings. The normalized spacial score (nSPS) is 15.7. The van der Waals surface area contributed by atoms with Crippen molar-refractivity contribution in [3.8, 4) is 5.69 Å². The van der Waals surface area contributed by atoms with Gasteiger partial charge >= 0.3 is 0 Å². The molecule has 136 valence electrons. The number of hydrogen-bond acceptors (Lipinski definition) is 4. The number of para-hydroxylation sites is 1. The fraction of sp³-hybridized carbons (Fsp3) is 0.368. The number of likely N-dealkylation sites (tertiary alicyclic amines) is 1. The first kappa shape index (κ1) is 17.5. The maximum atomic E-state index is 12.9. The standard InChI is InChI=1S/C19H21ClN4OS/c1-12-14-11-17(18(25)23-9-7-13(21-2)8-10-23)26-19(14)24(22-12)16-6-4-3-5-15(16)20/h3-6,11,13,21H,7-10H2,1-2H3. The smallest absolute Gasteiger partial charge is 0.264 e. The van der Waals surface area contributed by atoms with Crippen molar-refractivity contribution in [1.29, 1.82) is 0 Å². The first-order valence-corrected chi connectivity index (χ1v) is 9.98. The van der Waals surface area contributed by atoms with Gasteiger partial charge in [0.1, 0.15) is 4.83 Å². The predicted molar refractivity (Wildman–Crippen MR) is 107 cm³/mol. The van der Waals surface area contributed by atoms with Crippen molar-refractivity contribution in [2.75, 3.05) is 20.1 Å². The molecule has 2 aromatic heterocycles. The Labute approximate surface area is 161 Å². The van der Waals surface area contributed by atoms with E-state index in [1.165, 1.54) is 11.3 Å². The van der Waals surface area contributed by atoms with Crippen molar-refractivity contribution < 1.29 is 4.79 Å². The van der Waals surface area contributed by atoms with Gasteiger partial charge in [-0.3, -0.25) is 4.79 Å². The maximum Gasteiger partial charge on any atom is 0.264 e. The third-order valence-corrected chi connectivity index (χ3v) is 6.44. The fourth-order valence-corrected chi connectivity index (χ4v) is 4.83. The number of carbonyl (C=O) groups is 1. The van der Waals surface area contributed by atoms with E-state index in [1.54, 1.807) is 0 Å². The van der Waals surface area contributed by atoms with Gasteiger partial charge in [0.15, 0.2) is 0 Å². The van der Waals surface area contributed by atoms with Gasteiger partial charge in [0.05, 0.1) is 21.3 Å². The number of amides is 1. The molecule has 3 aromatic rings. The largest absolute Gasteiger partial charge is 0.338 e. The van der Waals surface area contributed by atoms with Crippen LogP contribution in [0, 0.1) is 6.92 Å². The minimum atomic E-state index is 0.117. The Hall–Kier alpha value is -1.89. The highest BCUT2D eigenvalue weighted by Crippen LogP contribution is 2.33. The van der Waals surface area contributed by atoms with E-state index in [2.05, 4.69) is 10.4 Å². The van der Waals surface area contributed by atoms with Crippen molar-refractivity contribution in [3.63, 3.8) is 0 Å². The summed E-state index contributed by atoms with van der Waals surface area (Å²) in [6, 6.07) is 10.1. The summed E-state index contributed by atoms with van der Waals surface area (Å²) in [5.74, 6) is 0.117. The number of rotatable bonds is 3. The van der Waals surface area contributed by atoms with Crippen LogP contribution in [0.2, 0.25) is 5.02 Å². The number of nitrogens with one attached hydrogen (secondary N) is 1. The van der Waals surface area contributed by atoms with Crippen LogP contribution in [0.3, 0.4) is 0 Å². The number of aromatic nitrogens is 2. The lowest BCUT2D eigenvalue weighted by atomic mass is 10.1. The van der Waals surface area contributed by atoms with E-state index in [0.717, 1.165) is 52.4 Å². The summed E-state index contributed by atoms with van der Waals surface area (Å²) >= 11 is 7.84. The Kier molecular flexibility index (Phi) is 4.73. The molecule has 0 aliphatic carbocycles. The van der Waals surface area contributed by atoms with E-state index < -0.39 is 0 Å². The Morgan fingerprint density at radius 2 is 2.04 bits per heavy atom. The third kappa shape index (κ3) is 3.02. The van der Waals surface area contributed by atoms with E-state index in [1.807, 2.05) is 53.9 Å². The molecule has 1 fully saturated rings. The highest BCUT2D eigenvalue weighted by Gasteiger charge is 2.25. The number of halogens is 1. The number of piperidine rings is 1. The first-order valence-electron chi connectivity index (χ1n) is 8.79. The number of hydrogen-bond donors (Lipinski definition) is 1. The van der Waals surface area contributed by atoms with Gasteiger partial charge in [-0.2, -0.15) is 5.10 Å². The monoisotopic (exact) mass is 388 g/mol. The first-order chi connectivity index (χ1) is 12.6. The highest BCUT2D eigenvalue weighted by molar-refractivity contribution is 7.20. The molecular formula is C19H21ClN4OS. The van der Waals surface area contributed by atoms with E-state index >= 15 is 0 Å². The zero-order valence-electron chi connectivity index (χ0n) is 14.8. The Balaban J connectivity index is 1.67. The molecule has 3 heterocycles. The van der Waals surface area contributed by atoms with Crippen molar-refractivity contribution in [3.05, 3.63) is 45.9 Å². The van der Waals surface area contributed by atoms with Crippen LogP contribution in [-0.4, -0.2) is 46.8 Å². The van der Waals surface area contributed by atoms with Gasteiger partial charge in [-0.15, -0.1) is 11.3 Å². The second-order valence-corrected chi connectivity index (χ2v) is 8.07. The summed E-state index contributed by atoms with van der Waals surface area (Å²) in [6.07, 6.45) is 2.00. The quantitative estimate of drug-likeness (QED) is 0.740. The topological polar surface area (TPSA) is 50.2 Å². The molecule has 0 unspecified atom stereocenters. The van der Waals surface area contributed by atoms with Crippen molar-refractivity contribution in [1.82, 2.24) is 20.0 Å². The molecule has 7 heteroatoms. The van der Waals surface area contributed by atoms with Gasteiger partial charge in [0, 0.05) is 24.5 Å². The van der Waals surface area contributed by atoms with Gasteiger partial charge in [-0.05, 0) is 45.0 Å². The molecule has 1 aliphatic heterocycles. The molecule has 1 amide bonds. The molecule has 4 rings (SSSR count). The summed E-state index contributed by atoms with van der Waals surface area (Å²) in [7, 11) is 1.98. The molecule has 26 heavy (non-hydrogen) atoms. The third-order valence-electron chi connectivity index (χ3n) is 5.03. The summed E-state index contributed by atoms with van der Waals surface area (Å²) < 4.78 is 1.85. The lowest BCUT2D eigenvalue weighted by molar-refractivity contribution is 0.0712. The summed E-state index contributed by atoms with van der Waals surface area (Å²) in [5, 5.41) is 9.59. The summed E-state index contributed by atoms with van der Waals surface area (Å²) in [4.78, 5) is 16.6. The average Bonchev–Trinajstić information content (AvgIpc) is 3.23. The van der Waals surface area contributed by atoms with Gasteiger partial charge in [-0.1, -0.05) is 23.7 Å². The maximum absolute atomic E-state index is 12.9. The molecule has 1 aromatic carbocycles. The van der Waals surface area contributed by atoms with Gasteiger partial charge < -0.3 is 10.2 Å². The Morgan fingerprint density at radius 1 is 1.31 bits per heavy atom. The molecule has 5 nitrogen and oxygen atoms in total. The van der Waals surface area contributed by atoms with Crippen LogP contribution in [0.1, 0.15) is 28.2 Å². The van der Waals surface area contributed by atoms with Crippen LogP contribution in [0.5, 0.6) is 0 Å². The number of thiophene rings is 1. The number of carbonyl (C=O) groups excluding carboxylic acids is 1. The lowest BCUT2D eigenvalue weighted by Gasteiger charge is -2.31. The minimum Gasteiger partial charge on any atom is -0.338 e. The molecule has 0 spiro atoms. The fourth-order valence-electron chi connectivity index (χ4n) is 3.47. The number of aryl methyl sites for hydroxylation is 1. The lowest BCUT2D eigenvalue weighted by Crippen LogP contribution is -2.43. The van der Waals surface area contributed by atoms with E-state index in [0.29, 0.717) is 11.1 Å².